The Kier molecular flexibility index (Phi) is 8.18. The van der Waals surface area contributed by atoms with Gasteiger partial charge in [0.15, 0.2) is 0 Å². The van der Waals surface area contributed by atoms with Crippen molar-refractivity contribution in [2.45, 2.75) is 52.0 Å². The van der Waals surface area contributed by atoms with Gasteiger partial charge in [-0.2, -0.15) is 0 Å². The summed E-state index contributed by atoms with van der Waals surface area (Å²) in [5.41, 5.74) is 0. The number of likely N-dealkylation sites (N-methyl/N-ethyl adjacent to an activating group) is 1. The van der Waals surface area contributed by atoms with Gasteiger partial charge >= 0.3 is 0 Å². The van der Waals surface area contributed by atoms with Crippen LogP contribution in [0, 0.1) is 11.8 Å². The summed E-state index contributed by atoms with van der Waals surface area (Å²) in [7, 11) is 0. The highest BCUT2D eigenvalue weighted by atomic mass is 35.5. The minimum Gasteiger partial charge on any atom is -0.355 e. The Bertz CT molecular complexity index is 370. The van der Waals surface area contributed by atoms with E-state index < -0.39 is 0 Å². The maximum Gasteiger partial charge on any atom is 0.225 e. The molecular formula is C16H30ClN3O2. The van der Waals surface area contributed by atoms with Crippen molar-refractivity contribution in [2.24, 2.45) is 11.8 Å². The number of rotatable bonds is 6. The van der Waals surface area contributed by atoms with Crippen LogP contribution < -0.4 is 10.6 Å². The fourth-order valence-corrected chi connectivity index (χ4v) is 3.41. The second kappa shape index (κ2) is 9.36. The molecule has 1 aliphatic carbocycles. The largest absolute Gasteiger partial charge is 0.355 e. The summed E-state index contributed by atoms with van der Waals surface area (Å²) < 4.78 is 0. The molecule has 2 amide bonds. The number of hydrogen-bond donors (Lipinski definition) is 2. The Balaban J connectivity index is 0.00000242. The summed E-state index contributed by atoms with van der Waals surface area (Å²) in [5, 5.41) is 6.11. The quantitative estimate of drug-likeness (QED) is 0.726. The lowest BCUT2D eigenvalue weighted by Crippen LogP contribution is -2.40. The van der Waals surface area contributed by atoms with Gasteiger partial charge in [0, 0.05) is 32.1 Å². The van der Waals surface area contributed by atoms with Gasteiger partial charge < -0.3 is 15.5 Å². The van der Waals surface area contributed by atoms with Crippen LogP contribution in [0.5, 0.6) is 0 Å². The molecule has 128 valence electrons. The summed E-state index contributed by atoms with van der Waals surface area (Å²) in [6.45, 7) is 7.27. The molecule has 1 saturated heterocycles. The molecular weight excluding hydrogens is 302 g/mol. The van der Waals surface area contributed by atoms with E-state index in [0.717, 1.165) is 31.8 Å². The van der Waals surface area contributed by atoms with Gasteiger partial charge in [0.05, 0.1) is 5.92 Å². The molecule has 0 aromatic carbocycles. The molecule has 0 aromatic rings. The van der Waals surface area contributed by atoms with Crippen molar-refractivity contribution in [2.75, 3.05) is 26.2 Å². The van der Waals surface area contributed by atoms with Gasteiger partial charge in [-0.05, 0) is 38.1 Å². The third kappa shape index (κ3) is 5.13. The zero-order valence-corrected chi connectivity index (χ0v) is 14.6. The zero-order valence-electron chi connectivity index (χ0n) is 13.8. The van der Waals surface area contributed by atoms with E-state index in [2.05, 4.69) is 17.6 Å². The molecule has 1 saturated carbocycles. The van der Waals surface area contributed by atoms with Crippen LogP contribution in [0.25, 0.3) is 0 Å². The highest BCUT2D eigenvalue weighted by molar-refractivity contribution is 5.89. The van der Waals surface area contributed by atoms with E-state index in [1.807, 2.05) is 11.8 Å². The molecule has 2 fully saturated rings. The average molecular weight is 332 g/mol. The van der Waals surface area contributed by atoms with Crippen molar-refractivity contribution < 1.29 is 9.59 Å². The van der Waals surface area contributed by atoms with Crippen LogP contribution in [-0.4, -0.2) is 48.9 Å². The summed E-state index contributed by atoms with van der Waals surface area (Å²) in [6, 6.07) is 0.369. The lowest BCUT2D eigenvalue weighted by atomic mass is 9.87. The number of carbonyl (C=O) groups is 2. The Labute approximate surface area is 140 Å². The van der Waals surface area contributed by atoms with E-state index >= 15 is 0 Å². The van der Waals surface area contributed by atoms with Crippen LogP contribution >= 0.6 is 12.4 Å². The molecule has 2 rings (SSSR count). The summed E-state index contributed by atoms with van der Waals surface area (Å²) >= 11 is 0. The number of nitrogens with zero attached hydrogens (tertiary/aromatic N) is 1. The number of halogens is 1. The average Bonchev–Trinajstić information content (AvgIpc) is 2.86. The highest BCUT2D eigenvalue weighted by Gasteiger charge is 2.38. The van der Waals surface area contributed by atoms with E-state index in [1.54, 1.807) is 0 Å². The van der Waals surface area contributed by atoms with Gasteiger partial charge in [0.25, 0.3) is 0 Å². The summed E-state index contributed by atoms with van der Waals surface area (Å²) in [5.74, 6) is 0.830. The predicted molar refractivity (Wildman–Crippen MR) is 90.0 cm³/mol. The first-order valence-electron chi connectivity index (χ1n) is 8.39. The zero-order chi connectivity index (χ0) is 15.2. The molecule has 5 nitrogen and oxygen atoms in total. The van der Waals surface area contributed by atoms with E-state index in [0.29, 0.717) is 25.6 Å². The number of amides is 2. The van der Waals surface area contributed by atoms with Crippen LogP contribution in [0.15, 0.2) is 0 Å². The van der Waals surface area contributed by atoms with Crippen LogP contribution in [0.4, 0.5) is 0 Å². The Hall–Kier alpha value is -0.810. The third-order valence-corrected chi connectivity index (χ3v) is 4.81. The smallest absolute Gasteiger partial charge is 0.225 e. The van der Waals surface area contributed by atoms with Crippen molar-refractivity contribution >= 4 is 24.2 Å². The van der Waals surface area contributed by atoms with E-state index in [9.17, 15) is 9.59 Å². The Morgan fingerprint density at radius 1 is 1.23 bits per heavy atom. The number of hydrogen-bond acceptors (Lipinski definition) is 3. The topological polar surface area (TPSA) is 61.4 Å². The van der Waals surface area contributed by atoms with Crippen molar-refractivity contribution in [3.63, 3.8) is 0 Å². The van der Waals surface area contributed by atoms with Crippen LogP contribution in [0.3, 0.4) is 0 Å². The highest BCUT2D eigenvalue weighted by Crippen LogP contribution is 2.31. The first-order valence-corrected chi connectivity index (χ1v) is 8.39. The van der Waals surface area contributed by atoms with Crippen LogP contribution in [0.2, 0.25) is 0 Å². The standard InChI is InChI=1S/C16H29N3O2.ClH/c1-3-17-8-9-18-16(21)13-10-15(20)19(11-13)14-6-4-12(2)5-7-14;/h12-14,17H,3-11H2,1-2H3,(H,18,21);1H. The molecule has 0 aromatic heterocycles. The molecule has 1 heterocycles. The second-order valence-corrected chi connectivity index (χ2v) is 6.51. The summed E-state index contributed by atoms with van der Waals surface area (Å²) in [6.07, 6.45) is 4.99. The first-order chi connectivity index (χ1) is 10.1. The Morgan fingerprint density at radius 3 is 2.55 bits per heavy atom. The molecule has 1 unspecified atom stereocenters. The van der Waals surface area contributed by atoms with Gasteiger partial charge in [-0.25, -0.2) is 0 Å². The van der Waals surface area contributed by atoms with Crippen LogP contribution in [-0.2, 0) is 9.59 Å². The van der Waals surface area contributed by atoms with E-state index in [1.165, 1.54) is 12.8 Å². The Morgan fingerprint density at radius 2 is 1.91 bits per heavy atom. The molecule has 0 spiro atoms. The minimum absolute atomic E-state index is 0. The summed E-state index contributed by atoms with van der Waals surface area (Å²) in [4.78, 5) is 26.3. The van der Waals surface area contributed by atoms with Gasteiger partial charge in [0.1, 0.15) is 0 Å². The fraction of sp³-hybridized carbons (Fsp3) is 0.875. The van der Waals surface area contributed by atoms with E-state index in [4.69, 9.17) is 0 Å². The van der Waals surface area contributed by atoms with Gasteiger partial charge in [-0.1, -0.05) is 13.8 Å². The van der Waals surface area contributed by atoms with Gasteiger partial charge in [-0.15, -0.1) is 12.4 Å². The lowest BCUT2D eigenvalue weighted by molar-refractivity contribution is -0.130. The van der Waals surface area contributed by atoms with Crippen molar-refractivity contribution in [3.8, 4) is 0 Å². The molecule has 22 heavy (non-hydrogen) atoms. The molecule has 6 heteroatoms. The van der Waals surface area contributed by atoms with Crippen molar-refractivity contribution in [1.29, 1.82) is 0 Å². The van der Waals surface area contributed by atoms with Gasteiger partial charge in [0.2, 0.25) is 11.8 Å². The maximum absolute atomic E-state index is 12.2. The third-order valence-electron chi connectivity index (χ3n) is 4.81. The maximum atomic E-state index is 12.2. The fourth-order valence-electron chi connectivity index (χ4n) is 3.41. The lowest BCUT2D eigenvalue weighted by Gasteiger charge is -2.33. The molecule has 2 aliphatic rings. The first kappa shape index (κ1) is 19.2. The SMILES string of the molecule is CCNCCNC(=O)C1CC(=O)N(C2CCC(C)CC2)C1.Cl. The predicted octanol–water partition coefficient (Wildman–Crippen LogP) is 1.56. The second-order valence-electron chi connectivity index (χ2n) is 6.51. The van der Waals surface area contributed by atoms with Crippen molar-refractivity contribution in [1.82, 2.24) is 15.5 Å². The monoisotopic (exact) mass is 331 g/mol. The number of likely N-dealkylation sites (tertiary alicyclic amines) is 1. The van der Waals surface area contributed by atoms with Crippen LogP contribution in [0.1, 0.15) is 46.0 Å². The normalized spacial score (nSPS) is 28.4. The molecule has 2 N–H and O–H groups in total. The molecule has 0 bridgehead atoms. The van der Waals surface area contributed by atoms with E-state index in [-0.39, 0.29) is 30.1 Å². The molecule has 1 aliphatic heterocycles. The number of carbonyl (C=O) groups excluding carboxylic acids is 2. The van der Waals surface area contributed by atoms with Gasteiger partial charge in [-0.3, -0.25) is 9.59 Å². The van der Waals surface area contributed by atoms with Crippen molar-refractivity contribution in [3.05, 3.63) is 0 Å². The minimum atomic E-state index is -0.154. The number of nitrogens with one attached hydrogen (secondary N) is 2. The molecule has 1 atom stereocenters. The molecule has 0 radical (unpaired) electrons.